The predicted molar refractivity (Wildman–Crippen MR) is 30.5 cm³/mol. The van der Waals surface area contributed by atoms with Gasteiger partial charge in [0.25, 0.3) is 0 Å². The molecule has 15 heavy (non-hydrogen) atoms. The SMILES string of the molecule is F[Se](F)(F)(F)(F)O[Se]O[Se](F)(F)(F)(F)F. The molecule has 0 N–H and O–H groups in total. The zero-order valence-electron chi connectivity index (χ0n) is 5.82. The van der Waals surface area contributed by atoms with E-state index in [1.165, 1.54) is 0 Å². The van der Waals surface area contributed by atoms with Gasteiger partial charge >= 0.3 is 83.6 Å². The minimum atomic E-state index is -11.2. The van der Waals surface area contributed by atoms with Crippen molar-refractivity contribution in [3.05, 3.63) is 0 Å². The van der Waals surface area contributed by atoms with Gasteiger partial charge < -0.3 is 0 Å². The van der Waals surface area contributed by atoms with Crippen molar-refractivity contribution in [3.8, 4) is 0 Å². The maximum absolute atomic E-state index is 11.2. The molecule has 0 fully saturated rings. The molecule has 0 aromatic carbocycles. The third-order valence-electron chi connectivity index (χ3n) is 0.313. The van der Waals surface area contributed by atoms with E-state index in [4.69, 9.17) is 0 Å². The molecule has 15 heteroatoms. The molecule has 0 heterocycles. The molecule has 0 unspecified atom stereocenters. The Morgan fingerprint density at radius 3 is 0.867 bits per heavy atom. The van der Waals surface area contributed by atoms with Crippen LogP contribution in [0, 0.1) is 0 Å². The van der Waals surface area contributed by atoms with Crippen molar-refractivity contribution >= 4 is 42.3 Å². The topological polar surface area (TPSA) is 18.5 Å². The summed E-state index contributed by atoms with van der Waals surface area (Å²) >= 11 is -26.3. The van der Waals surface area contributed by atoms with Crippen LogP contribution < -0.4 is 0 Å². The summed E-state index contributed by atoms with van der Waals surface area (Å²) in [5.74, 6) is 0. The Kier molecular flexibility index (Phi) is 2.59. The first-order valence-electron chi connectivity index (χ1n) is 2.21. The molecule has 100 valence electrons. The Bertz CT molecular complexity index is 230. The molecule has 2 nitrogen and oxygen atoms in total. The van der Waals surface area contributed by atoms with Crippen LogP contribution in [0.1, 0.15) is 0 Å². The molecule has 0 rings (SSSR count). The van der Waals surface area contributed by atoms with Crippen molar-refractivity contribution in [3.63, 3.8) is 0 Å². The minimum absolute atomic E-state index is 1.63. The van der Waals surface area contributed by atoms with Gasteiger partial charge in [0.15, 0.2) is 0 Å². The van der Waals surface area contributed by atoms with E-state index in [2.05, 4.69) is 0 Å². The fourth-order valence-corrected chi connectivity index (χ4v) is 4.43. The van der Waals surface area contributed by atoms with Crippen LogP contribution in [0.15, 0.2) is 0 Å². The first-order valence-corrected chi connectivity index (χ1v) is 11.5. The van der Waals surface area contributed by atoms with Crippen molar-refractivity contribution in [2.45, 2.75) is 0 Å². The molecule has 0 bridgehead atoms. The van der Waals surface area contributed by atoms with E-state index in [-0.39, 0.29) is 0 Å². The second-order valence-electron chi connectivity index (χ2n) is 2.00. The number of halogens is 10. The molecule has 0 aliphatic rings. The van der Waals surface area contributed by atoms with Crippen molar-refractivity contribution < 1.29 is 41.3 Å². The molecule has 0 aromatic heterocycles. The molecule has 0 atom stereocenters. The number of hydrogen-bond acceptors (Lipinski definition) is 2. The average Bonchev–Trinajstić information content (AvgIpc) is 1.44. The van der Waals surface area contributed by atoms with Gasteiger partial charge in [0.2, 0.25) is 0 Å². The first-order chi connectivity index (χ1) is 5.66. The fourth-order valence-electron chi connectivity index (χ4n) is 0.116. The average molecular weight is 459 g/mol. The van der Waals surface area contributed by atoms with Crippen LogP contribution in [0.25, 0.3) is 0 Å². The van der Waals surface area contributed by atoms with Crippen molar-refractivity contribution in [1.82, 2.24) is 0 Å². The molecule has 0 aliphatic carbocycles. The summed E-state index contributed by atoms with van der Waals surface area (Å²) in [6, 6.07) is 0. The Labute approximate surface area is 83.8 Å². The summed E-state index contributed by atoms with van der Waals surface area (Å²) < 4.78 is 115. The van der Waals surface area contributed by atoms with Gasteiger partial charge in [0.05, 0.1) is 0 Å². The molecule has 0 saturated heterocycles. The molecule has 0 aliphatic heterocycles. The quantitative estimate of drug-likeness (QED) is 0.476. The van der Waals surface area contributed by atoms with Crippen LogP contribution in [0.2, 0.25) is 0 Å². The van der Waals surface area contributed by atoms with Gasteiger partial charge in [0.1, 0.15) is 0 Å². The van der Waals surface area contributed by atoms with E-state index in [1.54, 1.807) is 5.80 Å². The van der Waals surface area contributed by atoms with E-state index in [9.17, 15) is 35.5 Å². The van der Waals surface area contributed by atoms with Crippen molar-refractivity contribution in [1.29, 1.82) is 0 Å². The van der Waals surface area contributed by atoms with Gasteiger partial charge in [-0.2, -0.15) is 0 Å². The van der Waals surface area contributed by atoms with Gasteiger partial charge in [-0.1, -0.05) is 0 Å². The van der Waals surface area contributed by atoms with E-state index >= 15 is 0 Å². The second-order valence-corrected chi connectivity index (χ2v) is 13.4. The van der Waals surface area contributed by atoms with E-state index in [1.807, 2.05) is 0 Å². The van der Waals surface area contributed by atoms with Crippen LogP contribution in [0.5, 0.6) is 0 Å². The second kappa shape index (κ2) is 2.46. The van der Waals surface area contributed by atoms with Gasteiger partial charge in [-0.3, -0.25) is 0 Å². The van der Waals surface area contributed by atoms with Crippen LogP contribution >= 0.6 is 0 Å². The molecule has 0 saturated carbocycles. The summed E-state index contributed by atoms with van der Waals surface area (Å²) in [5, 5.41) is 0. The van der Waals surface area contributed by atoms with Crippen molar-refractivity contribution in [2.24, 2.45) is 0 Å². The van der Waals surface area contributed by atoms with Gasteiger partial charge in [-0.15, -0.1) is 0 Å². The van der Waals surface area contributed by atoms with Crippen LogP contribution in [-0.2, 0) is 5.80 Å². The summed E-state index contributed by atoms with van der Waals surface area (Å²) in [4.78, 5) is 0. The third kappa shape index (κ3) is 14.8. The maximum atomic E-state index is 11.2. The van der Waals surface area contributed by atoms with E-state index < -0.39 is 42.3 Å². The standard InChI is InChI=1S/F10O2Se3/c1-14(2,3,4,5)11-13-12-15(6,7,8,9)10. The summed E-state index contributed by atoms with van der Waals surface area (Å²) in [6.07, 6.45) is 0. The fraction of sp³-hybridized carbons (Fsp3) is 0. The number of rotatable bonds is 4. The Hall–Kier alpha value is 0.778. The molecular formula is F10O2Se3. The molecule has 0 aromatic rings. The Morgan fingerprint density at radius 1 is 0.533 bits per heavy atom. The zero-order chi connectivity index (χ0) is 12.9. The molecule has 0 radical (unpaired) electrons. The Balaban J connectivity index is 4.54. The molecular weight excluding hydrogens is 459 g/mol. The van der Waals surface area contributed by atoms with Crippen LogP contribution in [-0.4, -0.2) is 42.3 Å². The van der Waals surface area contributed by atoms with Crippen molar-refractivity contribution in [2.75, 3.05) is 0 Å². The molecule has 0 spiro atoms. The molecule has 0 amide bonds. The van der Waals surface area contributed by atoms with Gasteiger partial charge in [-0.05, 0) is 0 Å². The third-order valence-corrected chi connectivity index (χ3v) is 8.44. The monoisotopic (exact) mass is 462 g/mol. The van der Waals surface area contributed by atoms with Gasteiger partial charge in [-0.25, -0.2) is 0 Å². The van der Waals surface area contributed by atoms with Gasteiger partial charge in [0, 0.05) is 0 Å². The van der Waals surface area contributed by atoms with Crippen LogP contribution in [0.3, 0.4) is 0 Å². The summed E-state index contributed by atoms with van der Waals surface area (Å²) in [5.41, 5.74) is 0. The first kappa shape index (κ1) is 15.8. The summed E-state index contributed by atoms with van der Waals surface area (Å²) in [7, 11) is 0. The predicted octanol–water partition coefficient (Wildman–Crippen LogP) is 2.92. The van der Waals surface area contributed by atoms with E-state index in [0.717, 1.165) is 0 Å². The Morgan fingerprint density at radius 2 is 0.733 bits per heavy atom. The number of hydrogen-bond donors (Lipinski definition) is 0. The summed E-state index contributed by atoms with van der Waals surface area (Å²) in [6.45, 7) is 0. The normalized spacial score (nSPS) is 23.6. The zero-order valence-corrected chi connectivity index (χ0v) is 11.0. The van der Waals surface area contributed by atoms with Crippen LogP contribution in [0.4, 0.5) is 35.5 Å². The van der Waals surface area contributed by atoms with E-state index in [0.29, 0.717) is 0 Å².